The highest BCUT2D eigenvalue weighted by Gasteiger charge is 2.31. The molecule has 0 spiro atoms. The lowest BCUT2D eigenvalue weighted by molar-refractivity contribution is 0.0974. The molecule has 2 nitrogen and oxygen atoms in total. The van der Waals surface area contributed by atoms with E-state index in [1.54, 1.807) is 12.1 Å². The summed E-state index contributed by atoms with van der Waals surface area (Å²) < 4.78 is 18.9. The topological polar surface area (TPSA) is 29.5 Å². The number of fused-ring (bicyclic) bond motifs is 1. The molecule has 1 aliphatic heterocycles. The predicted octanol–water partition coefficient (Wildman–Crippen LogP) is 2.68. The highest BCUT2D eigenvalue weighted by Crippen LogP contribution is 2.36. The molecule has 0 saturated heterocycles. The van der Waals surface area contributed by atoms with Crippen molar-refractivity contribution >= 4 is 0 Å². The Morgan fingerprint density at radius 1 is 1.35 bits per heavy atom. The minimum atomic E-state index is -0.200. The van der Waals surface area contributed by atoms with Gasteiger partial charge < -0.3 is 9.84 Å². The third kappa shape index (κ3) is 2.16. The summed E-state index contributed by atoms with van der Waals surface area (Å²) in [6, 6.07) is 4.70. The third-order valence-corrected chi connectivity index (χ3v) is 3.95. The lowest BCUT2D eigenvalue weighted by Crippen LogP contribution is -2.23. The van der Waals surface area contributed by atoms with E-state index in [0.29, 0.717) is 5.92 Å². The molecule has 1 aromatic carbocycles. The first kappa shape index (κ1) is 11.0. The molecule has 3 heteroatoms. The van der Waals surface area contributed by atoms with Gasteiger partial charge >= 0.3 is 0 Å². The zero-order chi connectivity index (χ0) is 11.8. The molecule has 1 heterocycles. The molecule has 1 fully saturated rings. The van der Waals surface area contributed by atoms with E-state index in [2.05, 4.69) is 0 Å². The smallest absolute Gasteiger partial charge is 0.123 e. The average molecular weight is 236 g/mol. The second-order valence-corrected chi connectivity index (χ2v) is 5.19. The molecular formula is C14H17FO2. The average Bonchev–Trinajstić information content (AvgIpc) is 2.85. The van der Waals surface area contributed by atoms with Gasteiger partial charge in [-0.05, 0) is 43.4 Å². The van der Waals surface area contributed by atoms with E-state index >= 15 is 0 Å². The maximum atomic E-state index is 13.1. The molecular weight excluding hydrogens is 219 g/mol. The monoisotopic (exact) mass is 236 g/mol. The summed E-state index contributed by atoms with van der Waals surface area (Å²) in [5.74, 6) is 0.969. The number of benzene rings is 1. The largest absolute Gasteiger partial charge is 0.490 e. The quantitative estimate of drug-likeness (QED) is 0.855. The van der Waals surface area contributed by atoms with Gasteiger partial charge in [0.1, 0.15) is 17.7 Å². The Kier molecular flexibility index (Phi) is 2.79. The summed E-state index contributed by atoms with van der Waals surface area (Å²) in [6.45, 7) is 0. The number of aliphatic hydroxyl groups excluding tert-OH is 1. The first-order valence-corrected chi connectivity index (χ1v) is 6.35. The number of aliphatic hydroxyl groups is 1. The number of ether oxygens (including phenoxy) is 1. The molecule has 1 N–H and O–H groups in total. The van der Waals surface area contributed by atoms with Crippen LogP contribution in [0.3, 0.4) is 0 Å². The van der Waals surface area contributed by atoms with Crippen LogP contribution in [0.2, 0.25) is 0 Å². The molecule has 1 aromatic rings. The van der Waals surface area contributed by atoms with Gasteiger partial charge in [0.2, 0.25) is 0 Å². The van der Waals surface area contributed by atoms with Crippen molar-refractivity contribution in [2.45, 2.75) is 44.3 Å². The van der Waals surface area contributed by atoms with Crippen molar-refractivity contribution in [1.82, 2.24) is 0 Å². The van der Waals surface area contributed by atoms with E-state index < -0.39 is 0 Å². The van der Waals surface area contributed by atoms with Gasteiger partial charge in [-0.25, -0.2) is 4.39 Å². The Bertz CT molecular complexity index is 419. The molecule has 0 radical (unpaired) electrons. The van der Waals surface area contributed by atoms with Crippen molar-refractivity contribution in [2.75, 3.05) is 0 Å². The van der Waals surface area contributed by atoms with E-state index in [1.807, 2.05) is 0 Å². The van der Waals surface area contributed by atoms with Gasteiger partial charge in [0.05, 0.1) is 6.10 Å². The molecule has 0 amide bonds. The number of hydrogen-bond donors (Lipinski definition) is 1. The molecule has 1 aliphatic carbocycles. The van der Waals surface area contributed by atoms with Crippen molar-refractivity contribution < 1.29 is 14.2 Å². The van der Waals surface area contributed by atoms with Gasteiger partial charge in [-0.1, -0.05) is 6.42 Å². The number of hydrogen-bond acceptors (Lipinski definition) is 2. The summed E-state index contributed by atoms with van der Waals surface area (Å²) in [4.78, 5) is 0. The molecule has 3 unspecified atom stereocenters. The van der Waals surface area contributed by atoms with E-state index in [1.165, 1.54) is 6.07 Å². The van der Waals surface area contributed by atoms with Gasteiger partial charge in [-0.15, -0.1) is 0 Å². The van der Waals surface area contributed by atoms with Crippen LogP contribution in [0.25, 0.3) is 0 Å². The summed E-state index contributed by atoms with van der Waals surface area (Å²) >= 11 is 0. The lowest BCUT2D eigenvalue weighted by Gasteiger charge is -2.18. The maximum absolute atomic E-state index is 13.1. The molecule has 1 saturated carbocycles. The van der Waals surface area contributed by atoms with E-state index in [4.69, 9.17) is 4.74 Å². The van der Waals surface area contributed by atoms with Gasteiger partial charge in [-0.3, -0.25) is 0 Å². The Labute approximate surface area is 100 Å². The van der Waals surface area contributed by atoms with Gasteiger partial charge in [0.15, 0.2) is 0 Å². The van der Waals surface area contributed by atoms with Crippen LogP contribution < -0.4 is 4.74 Å². The third-order valence-electron chi connectivity index (χ3n) is 3.95. The zero-order valence-corrected chi connectivity index (χ0v) is 9.73. The van der Waals surface area contributed by atoms with Crippen LogP contribution in [-0.2, 0) is 6.42 Å². The molecule has 3 rings (SSSR count). The van der Waals surface area contributed by atoms with Crippen LogP contribution in [0.4, 0.5) is 4.39 Å². The SMILES string of the molecule is OC1CCCC1CC1Cc2cc(F)ccc2O1. The summed E-state index contributed by atoms with van der Waals surface area (Å²) in [5, 5.41) is 9.79. The summed E-state index contributed by atoms with van der Waals surface area (Å²) in [7, 11) is 0. The zero-order valence-electron chi connectivity index (χ0n) is 9.73. The Morgan fingerprint density at radius 2 is 2.24 bits per heavy atom. The fraction of sp³-hybridized carbons (Fsp3) is 0.571. The van der Waals surface area contributed by atoms with E-state index in [0.717, 1.165) is 43.4 Å². The molecule has 0 aromatic heterocycles. The normalized spacial score (nSPS) is 31.3. The number of halogens is 1. The number of rotatable bonds is 2. The Morgan fingerprint density at radius 3 is 3.00 bits per heavy atom. The summed E-state index contributed by atoms with van der Waals surface area (Å²) in [6.07, 6.45) is 4.72. The van der Waals surface area contributed by atoms with Crippen molar-refractivity contribution in [3.63, 3.8) is 0 Å². The second-order valence-electron chi connectivity index (χ2n) is 5.19. The standard InChI is InChI=1S/C14H17FO2/c15-11-4-5-14-10(6-11)8-12(17-14)7-9-2-1-3-13(9)16/h4-6,9,12-13,16H,1-3,7-8H2. The molecule has 92 valence electrons. The first-order chi connectivity index (χ1) is 8.22. The molecule has 0 bridgehead atoms. The second kappa shape index (κ2) is 4.30. The highest BCUT2D eigenvalue weighted by molar-refractivity contribution is 5.37. The minimum Gasteiger partial charge on any atom is -0.490 e. The van der Waals surface area contributed by atoms with Crippen molar-refractivity contribution in [1.29, 1.82) is 0 Å². The van der Waals surface area contributed by atoms with Gasteiger partial charge in [-0.2, -0.15) is 0 Å². The van der Waals surface area contributed by atoms with Crippen LogP contribution in [0.5, 0.6) is 5.75 Å². The molecule has 3 atom stereocenters. The van der Waals surface area contributed by atoms with Crippen LogP contribution in [-0.4, -0.2) is 17.3 Å². The predicted molar refractivity (Wildman–Crippen MR) is 62.5 cm³/mol. The molecule has 2 aliphatic rings. The maximum Gasteiger partial charge on any atom is 0.123 e. The Balaban J connectivity index is 1.66. The Hall–Kier alpha value is -1.09. The highest BCUT2D eigenvalue weighted by atomic mass is 19.1. The van der Waals surface area contributed by atoms with Crippen LogP contribution in [0.15, 0.2) is 18.2 Å². The van der Waals surface area contributed by atoms with Crippen molar-refractivity contribution in [3.05, 3.63) is 29.6 Å². The van der Waals surface area contributed by atoms with Gasteiger partial charge in [0, 0.05) is 12.0 Å². The van der Waals surface area contributed by atoms with E-state index in [9.17, 15) is 9.50 Å². The fourth-order valence-corrected chi connectivity index (χ4v) is 3.05. The summed E-state index contributed by atoms with van der Waals surface area (Å²) in [5.41, 5.74) is 0.961. The minimum absolute atomic E-state index is 0.115. The van der Waals surface area contributed by atoms with Gasteiger partial charge in [0.25, 0.3) is 0 Å². The first-order valence-electron chi connectivity index (χ1n) is 6.35. The van der Waals surface area contributed by atoms with Crippen molar-refractivity contribution in [2.24, 2.45) is 5.92 Å². The van der Waals surface area contributed by atoms with Crippen molar-refractivity contribution in [3.8, 4) is 5.75 Å². The van der Waals surface area contributed by atoms with Crippen LogP contribution >= 0.6 is 0 Å². The van der Waals surface area contributed by atoms with Crippen LogP contribution in [0.1, 0.15) is 31.2 Å². The lowest BCUT2D eigenvalue weighted by atomic mass is 9.96. The fourth-order valence-electron chi connectivity index (χ4n) is 3.05. The molecule has 17 heavy (non-hydrogen) atoms. The van der Waals surface area contributed by atoms with Crippen LogP contribution in [0, 0.1) is 11.7 Å². The van der Waals surface area contributed by atoms with E-state index in [-0.39, 0.29) is 18.0 Å².